The summed E-state index contributed by atoms with van der Waals surface area (Å²) in [6.07, 6.45) is 0.354. The van der Waals surface area contributed by atoms with Crippen molar-refractivity contribution in [2.24, 2.45) is 10.8 Å². The number of alkyl halides is 2. The molecule has 0 heterocycles. The number of carbonyl (C=O) groups excluding carboxylic acids is 4. The van der Waals surface area contributed by atoms with E-state index in [0.717, 1.165) is 0 Å². The fraction of sp³-hybridized carbons (Fsp3) is 0.778. The minimum atomic E-state index is -0.762. The Kier molecular flexibility index (Phi) is 13.9. The molecule has 0 saturated carbocycles. The maximum atomic E-state index is 11.3. The second-order valence-electron chi connectivity index (χ2n) is 6.91. The molecule has 0 atom stereocenters. The van der Waals surface area contributed by atoms with E-state index in [0.29, 0.717) is 13.2 Å². The molecule has 26 heavy (non-hydrogen) atoms. The number of ketones is 2. The van der Waals surface area contributed by atoms with Crippen LogP contribution in [-0.2, 0) is 28.7 Å². The van der Waals surface area contributed by atoms with E-state index >= 15 is 0 Å². The molecular formula is C18H30BrClO6. The second kappa shape index (κ2) is 13.3. The lowest BCUT2D eigenvalue weighted by molar-refractivity contribution is -0.155. The van der Waals surface area contributed by atoms with E-state index in [1.165, 1.54) is 0 Å². The smallest absolute Gasteiger partial charge is 0.311 e. The molecule has 0 fully saturated rings. The Morgan fingerprint density at radius 3 is 1.42 bits per heavy atom. The van der Waals surface area contributed by atoms with Crippen molar-refractivity contribution in [3.05, 3.63) is 0 Å². The van der Waals surface area contributed by atoms with Crippen LogP contribution in [0, 0.1) is 10.8 Å². The molecular weight excluding hydrogens is 428 g/mol. The molecule has 0 N–H and O–H groups in total. The predicted octanol–water partition coefficient (Wildman–Crippen LogP) is 3.70. The van der Waals surface area contributed by atoms with Crippen molar-refractivity contribution >= 4 is 51.0 Å². The molecule has 0 amide bonds. The maximum absolute atomic E-state index is 11.3. The summed E-state index contributed by atoms with van der Waals surface area (Å²) in [4.78, 5) is 44.7. The highest BCUT2D eigenvalue weighted by Crippen LogP contribution is 2.23. The molecule has 0 aromatic heterocycles. The van der Waals surface area contributed by atoms with Crippen LogP contribution < -0.4 is 0 Å². The quantitative estimate of drug-likeness (QED) is 0.367. The fourth-order valence-corrected chi connectivity index (χ4v) is 2.17. The van der Waals surface area contributed by atoms with Gasteiger partial charge in [-0.05, 0) is 41.5 Å². The monoisotopic (exact) mass is 456 g/mol. The topological polar surface area (TPSA) is 86.7 Å². The first kappa shape index (κ1) is 27.3. The van der Waals surface area contributed by atoms with Gasteiger partial charge >= 0.3 is 11.9 Å². The maximum Gasteiger partial charge on any atom is 0.311 e. The Morgan fingerprint density at radius 1 is 0.808 bits per heavy atom. The van der Waals surface area contributed by atoms with Gasteiger partial charge in [0.15, 0.2) is 0 Å². The third-order valence-electron chi connectivity index (χ3n) is 3.23. The van der Waals surface area contributed by atoms with E-state index in [-0.39, 0.29) is 47.6 Å². The van der Waals surface area contributed by atoms with Gasteiger partial charge in [0.1, 0.15) is 11.6 Å². The van der Waals surface area contributed by atoms with Crippen LogP contribution in [0.2, 0.25) is 0 Å². The van der Waals surface area contributed by atoms with Gasteiger partial charge in [-0.15, -0.1) is 11.6 Å². The molecule has 6 nitrogen and oxygen atoms in total. The average molecular weight is 458 g/mol. The van der Waals surface area contributed by atoms with Crippen LogP contribution in [0.4, 0.5) is 0 Å². The zero-order valence-electron chi connectivity index (χ0n) is 16.4. The minimum Gasteiger partial charge on any atom is -0.466 e. The van der Waals surface area contributed by atoms with Crippen LogP contribution in [0.1, 0.15) is 54.4 Å². The molecule has 0 aliphatic heterocycles. The average Bonchev–Trinajstić information content (AvgIpc) is 2.54. The number of carbonyl (C=O) groups is 4. The Labute approximate surface area is 169 Å². The molecule has 0 saturated heterocycles. The summed E-state index contributed by atoms with van der Waals surface area (Å²) in [5, 5.41) is 0.288. The van der Waals surface area contributed by atoms with Gasteiger partial charge < -0.3 is 9.47 Å². The predicted molar refractivity (Wildman–Crippen MR) is 105 cm³/mol. The first-order valence-electron chi connectivity index (χ1n) is 8.37. The van der Waals surface area contributed by atoms with Crippen molar-refractivity contribution in [1.29, 1.82) is 0 Å². The van der Waals surface area contributed by atoms with E-state index < -0.39 is 10.8 Å². The molecule has 0 spiro atoms. The normalized spacial score (nSPS) is 11.1. The standard InChI is InChI=1S/C9H15BrO3.C9H15ClO3/c2*1-4-13-8(12)9(2,3)5-7(11)6-10/h2*4-6H2,1-3H3. The number of hydrogen-bond donors (Lipinski definition) is 0. The highest BCUT2D eigenvalue weighted by Gasteiger charge is 2.32. The Morgan fingerprint density at radius 2 is 1.15 bits per heavy atom. The zero-order valence-corrected chi connectivity index (χ0v) is 18.8. The van der Waals surface area contributed by atoms with E-state index in [1.54, 1.807) is 41.5 Å². The van der Waals surface area contributed by atoms with Gasteiger partial charge in [0, 0.05) is 12.8 Å². The van der Waals surface area contributed by atoms with Crippen molar-refractivity contribution in [2.45, 2.75) is 54.4 Å². The van der Waals surface area contributed by atoms with E-state index in [1.807, 2.05) is 0 Å². The lowest BCUT2D eigenvalue weighted by Crippen LogP contribution is -2.29. The third kappa shape index (κ3) is 11.6. The number of hydrogen-bond acceptors (Lipinski definition) is 6. The molecule has 0 aliphatic rings. The van der Waals surface area contributed by atoms with Crippen molar-refractivity contribution in [2.75, 3.05) is 24.4 Å². The van der Waals surface area contributed by atoms with Gasteiger partial charge in [-0.1, -0.05) is 15.9 Å². The van der Waals surface area contributed by atoms with Crippen LogP contribution in [0.5, 0.6) is 0 Å². The number of halogens is 2. The van der Waals surface area contributed by atoms with E-state index in [9.17, 15) is 19.2 Å². The summed E-state index contributed by atoms with van der Waals surface area (Å²) in [5.74, 6) is -0.849. The molecule has 152 valence electrons. The summed E-state index contributed by atoms with van der Waals surface area (Å²) < 4.78 is 9.66. The molecule has 0 radical (unpaired) electrons. The van der Waals surface area contributed by atoms with Gasteiger partial charge in [-0.2, -0.15) is 0 Å². The number of Topliss-reactive ketones (excluding diaryl/α,β-unsaturated/α-hetero) is 2. The van der Waals surface area contributed by atoms with Gasteiger partial charge in [0.2, 0.25) is 0 Å². The summed E-state index contributed by atoms with van der Waals surface area (Å²) in [5.41, 5.74) is -1.47. The number of rotatable bonds is 10. The highest BCUT2D eigenvalue weighted by atomic mass is 79.9. The van der Waals surface area contributed by atoms with Crippen molar-refractivity contribution in [3.8, 4) is 0 Å². The minimum absolute atomic E-state index is 0.0121. The zero-order chi connectivity index (χ0) is 21.0. The first-order valence-corrected chi connectivity index (χ1v) is 10.0. The summed E-state index contributed by atoms with van der Waals surface area (Å²) in [6, 6.07) is 0. The van der Waals surface area contributed by atoms with Crippen LogP contribution in [0.15, 0.2) is 0 Å². The molecule has 0 aromatic carbocycles. The molecule has 8 heteroatoms. The van der Waals surface area contributed by atoms with E-state index in [2.05, 4.69) is 15.9 Å². The van der Waals surface area contributed by atoms with E-state index in [4.69, 9.17) is 21.1 Å². The lowest BCUT2D eigenvalue weighted by atomic mass is 9.88. The lowest BCUT2D eigenvalue weighted by Gasteiger charge is -2.20. The van der Waals surface area contributed by atoms with Crippen LogP contribution >= 0.6 is 27.5 Å². The third-order valence-corrected chi connectivity index (χ3v) is 4.16. The number of ether oxygens (including phenoxy) is 2. The first-order chi connectivity index (χ1) is 11.9. The summed E-state index contributed by atoms with van der Waals surface area (Å²) >= 11 is 8.39. The molecule has 0 rings (SSSR count). The summed E-state index contributed by atoms with van der Waals surface area (Å²) in [7, 11) is 0. The summed E-state index contributed by atoms with van der Waals surface area (Å²) in [6.45, 7) is 10.9. The van der Waals surface area contributed by atoms with Gasteiger partial charge in [-0.3, -0.25) is 19.2 Å². The van der Waals surface area contributed by atoms with Crippen molar-refractivity contribution in [1.82, 2.24) is 0 Å². The fourth-order valence-electron chi connectivity index (χ4n) is 1.88. The van der Waals surface area contributed by atoms with Gasteiger partial charge in [0.05, 0.1) is 35.3 Å². The molecule has 0 aliphatic carbocycles. The second-order valence-corrected chi connectivity index (χ2v) is 7.73. The highest BCUT2D eigenvalue weighted by molar-refractivity contribution is 9.09. The Bertz CT molecular complexity index is 444. The van der Waals surface area contributed by atoms with Gasteiger partial charge in [0.25, 0.3) is 0 Å². The molecule has 0 aromatic rings. The van der Waals surface area contributed by atoms with Crippen molar-refractivity contribution < 1.29 is 28.7 Å². The SMILES string of the molecule is CCOC(=O)C(C)(C)CC(=O)CBr.CCOC(=O)C(C)(C)CC(=O)CCl. The van der Waals surface area contributed by atoms with Crippen molar-refractivity contribution in [3.63, 3.8) is 0 Å². The molecule has 0 bridgehead atoms. The number of esters is 2. The van der Waals surface area contributed by atoms with Gasteiger partial charge in [-0.25, -0.2) is 0 Å². The molecule has 0 unspecified atom stereocenters. The Hall–Kier alpha value is -0.950. The van der Waals surface area contributed by atoms with Crippen LogP contribution in [0.3, 0.4) is 0 Å². The van der Waals surface area contributed by atoms with Crippen LogP contribution in [-0.4, -0.2) is 47.9 Å². The Balaban J connectivity index is 0. The largest absolute Gasteiger partial charge is 0.466 e. The van der Waals surface area contributed by atoms with Crippen LogP contribution in [0.25, 0.3) is 0 Å².